The molecule has 9 heteroatoms. The number of sulfonamides is 2. The third-order valence-electron chi connectivity index (χ3n) is 4.40. The number of anilines is 2. The van der Waals surface area contributed by atoms with Crippen molar-refractivity contribution >= 4 is 31.4 Å². The zero-order valence-electron chi connectivity index (χ0n) is 14.9. The predicted molar refractivity (Wildman–Crippen MR) is 104 cm³/mol. The van der Waals surface area contributed by atoms with E-state index in [9.17, 15) is 21.2 Å². The normalized spacial score (nSPS) is 14.7. The molecule has 2 aromatic rings. The summed E-state index contributed by atoms with van der Waals surface area (Å²) in [5, 5.41) is 0. The molecule has 0 atom stereocenters. The van der Waals surface area contributed by atoms with Crippen molar-refractivity contribution in [1.29, 1.82) is 0 Å². The molecule has 0 amide bonds. The second-order valence-electron chi connectivity index (χ2n) is 6.41. The summed E-state index contributed by atoms with van der Waals surface area (Å²) in [6.45, 7) is 2.03. The first-order chi connectivity index (χ1) is 12.7. The average Bonchev–Trinajstić information content (AvgIpc) is 2.62. The van der Waals surface area contributed by atoms with Gasteiger partial charge in [0.2, 0.25) is 20.0 Å². The van der Waals surface area contributed by atoms with Crippen LogP contribution < -0.4 is 9.03 Å². The van der Waals surface area contributed by atoms with Crippen molar-refractivity contribution in [1.82, 2.24) is 0 Å². The molecule has 27 heavy (non-hydrogen) atoms. The first kappa shape index (κ1) is 19.6. The minimum Gasteiger partial charge on any atom is -0.283 e. The smallest absolute Gasteiger partial charge is 0.236 e. The van der Waals surface area contributed by atoms with E-state index in [4.69, 9.17) is 0 Å². The number of fused-ring (bicyclic) bond motifs is 1. The first-order valence-electron chi connectivity index (χ1n) is 8.58. The van der Waals surface area contributed by atoms with E-state index in [0.717, 1.165) is 5.56 Å². The van der Waals surface area contributed by atoms with Gasteiger partial charge in [0.25, 0.3) is 0 Å². The lowest BCUT2D eigenvalue weighted by Crippen LogP contribution is -2.36. The quantitative estimate of drug-likeness (QED) is 0.791. The second-order valence-corrected chi connectivity index (χ2v) is 10.3. The van der Waals surface area contributed by atoms with Gasteiger partial charge in [-0.3, -0.25) is 9.03 Å². The van der Waals surface area contributed by atoms with Crippen molar-refractivity contribution in [3.8, 4) is 0 Å². The molecule has 0 spiro atoms. The van der Waals surface area contributed by atoms with E-state index in [1.165, 1.54) is 28.6 Å². The molecule has 1 N–H and O–H groups in total. The number of aryl methyl sites for hydroxylation is 1. The fourth-order valence-electron chi connectivity index (χ4n) is 3.09. The fourth-order valence-corrected chi connectivity index (χ4v) is 5.47. The Labute approximate surface area is 159 Å². The highest BCUT2D eigenvalue weighted by molar-refractivity contribution is 7.92. The second kappa shape index (κ2) is 7.47. The summed E-state index contributed by atoms with van der Waals surface area (Å²) in [7, 11) is -7.04. The Morgan fingerprint density at radius 3 is 2.44 bits per heavy atom. The molecule has 0 saturated heterocycles. The predicted octanol–water partition coefficient (Wildman–Crippen LogP) is 2.87. The molecule has 2 aromatic carbocycles. The molecule has 1 aliphatic rings. The first-order valence-corrected chi connectivity index (χ1v) is 11.8. The van der Waals surface area contributed by atoms with Crippen LogP contribution in [0.5, 0.6) is 0 Å². The highest BCUT2D eigenvalue weighted by atomic mass is 32.2. The van der Waals surface area contributed by atoms with E-state index in [1.54, 1.807) is 25.1 Å². The zero-order valence-corrected chi connectivity index (χ0v) is 16.5. The van der Waals surface area contributed by atoms with Gasteiger partial charge in [0, 0.05) is 12.2 Å². The van der Waals surface area contributed by atoms with Crippen molar-refractivity contribution in [2.45, 2.75) is 25.5 Å². The maximum absolute atomic E-state index is 13.0. The number of hydrogen-bond donors (Lipinski definition) is 1. The van der Waals surface area contributed by atoms with E-state index < -0.39 is 25.9 Å². The topological polar surface area (TPSA) is 83.6 Å². The van der Waals surface area contributed by atoms with Crippen LogP contribution in [0.15, 0.2) is 42.5 Å². The number of benzene rings is 2. The third-order valence-corrected chi connectivity index (χ3v) is 7.44. The molecule has 6 nitrogen and oxygen atoms in total. The van der Waals surface area contributed by atoms with E-state index in [-0.39, 0.29) is 11.5 Å². The Morgan fingerprint density at radius 1 is 1.07 bits per heavy atom. The lowest BCUT2D eigenvalue weighted by Gasteiger charge is -2.30. The maximum atomic E-state index is 13.0. The fraction of sp³-hybridized carbons (Fsp3) is 0.333. The van der Waals surface area contributed by atoms with Crippen LogP contribution in [-0.2, 0) is 32.2 Å². The van der Waals surface area contributed by atoms with Gasteiger partial charge in [-0.15, -0.1) is 0 Å². The van der Waals surface area contributed by atoms with Crippen molar-refractivity contribution in [2.75, 3.05) is 21.3 Å². The van der Waals surface area contributed by atoms with Crippen LogP contribution in [0.2, 0.25) is 0 Å². The number of hydrogen-bond acceptors (Lipinski definition) is 4. The van der Waals surface area contributed by atoms with E-state index in [1.807, 2.05) is 0 Å². The number of halogens is 1. The number of nitrogens with one attached hydrogen (secondary N) is 1. The van der Waals surface area contributed by atoms with Gasteiger partial charge in [0.15, 0.2) is 0 Å². The molecule has 0 fully saturated rings. The number of rotatable bonds is 6. The van der Waals surface area contributed by atoms with Crippen molar-refractivity contribution in [2.24, 2.45) is 0 Å². The average molecular weight is 413 g/mol. The Morgan fingerprint density at radius 2 is 1.78 bits per heavy atom. The molecule has 0 aromatic heterocycles. The van der Waals surface area contributed by atoms with Crippen LogP contribution in [0.25, 0.3) is 0 Å². The van der Waals surface area contributed by atoms with E-state index >= 15 is 0 Å². The summed E-state index contributed by atoms with van der Waals surface area (Å²) in [4.78, 5) is 0. The molecule has 0 saturated carbocycles. The monoisotopic (exact) mass is 412 g/mol. The highest BCUT2D eigenvalue weighted by Crippen LogP contribution is 2.32. The molecule has 0 unspecified atom stereocenters. The maximum Gasteiger partial charge on any atom is 0.236 e. The van der Waals surface area contributed by atoms with Gasteiger partial charge in [0.05, 0.1) is 17.2 Å². The summed E-state index contributed by atoms with van der Waals surface area (Å²) >= 11 is 0. The Hall–Kier alpha value is -2.13. The van der Waals surface area contributed by atoms with Crippen molar-refractivity contribution in [3.05, 3.63) is 59.4 Å². The molecular formula is C18H21FN2O4S2. The summed E-state index contributed by atoms with van der Waals surface area (Å²) in [6.07, 6.45) is 1.36. The Balaban J connectivity index is 1.81. The van der Waals surface area contributed by atoms with Crippen LogP contribution in [0.4, 0.5) is 15.8 Å². The molecule has 1 aliphatic heterocycles. The molecule has 146 valence electrons. The number of nitrogens with zero attached hydrogens (tertiary/aromatic N) is 1. The lowest BCUT2D eigenvalue weighted by atomic mass is 10.0. The van der Waals surface area contributed by atoms with Crippen molar-refractivity contribution < 1.29 is 21.2 Å². The minimum atomic E-state index is -3.68. The molecule has 0 radical (unpaired) electrons. The van der Waals surface area contributed by atoms with Crippen LogP contribution in [-0.4, -0.2) is 29.1 Å². The van der Waals surface area contributed by atoms with E-state index in [0.29, 0.717) is 36.3 Å². The Kier molecular flexibility index (Phi) is 5.43. The SMILES string of the molecule is CCS(=O)(=O)N1CCCc2cc(NS(=O)(=O)Cc3ccc(F)cc3)ccc21. The van der Waals surface area contributed by atoms with Gasteiger partial charge >= 0.3 is 0 Å². The summed E-state index contributed by atoms with van der Waals surface area (Å²) in [6, 6.07) is 10.2. The van der Waals surface area contributed by atoms with Crippen molar-refractivity contribution in [3.63, 3.8) is 0 Å². The zero-order chi connectivity index (χ0) is 19.7. The summed E-state index contributed by atoms with van der Waals surface area (Å²) in [5.41, 5.74) is 2.25. The van der Waals surface area contributed by atoms with Gasteiger partial charge in [-0.25, -0.2) is 21.2 Å². The summed E-state index contributed by atoms with van der Waals surface area (Å²) in [5.74, 6) is -0.690. The van der Waals surface area contributed by atoms with E-state index in [2.05, 4.69) is 4.72 Å². The Bertz CT molecular complexity index is 1040. The van der Waals surface area contributed by atoms with Crippen LogP contribution in [0, 0.1) is 5.82 Å². The summed E-state index contributed by atoms with van der Waals surface area (Å²) < 4.78 is 66.1. The van der Waals surface area contributed by atoms with Gasteiger partial charge in [-0.1, -0.05) is 12.1 Å². The van der Waals surface area contributed by atoms with Gasteiger partial charge in [-0.2, -0.15) is 0 Å². The van der Waals surface area contributed by atoms with Gasteiger partial charge in [0.1, 0.15) is 5.82 Å². The van der Waals surface area contributed by atoms with Crippen LogP contribution in [0.1, 0.15) is 24.5 Å². The molecule has 0 bridgehead atoms. The molecule has 3 rings (SSSR count). The molecule has 0 aliphatic carbocycles. The van der Waals surface area contributed by atoms with Crippen LogP contribution >= 0.6 is 0 Å². The molecular weight excluding hydrogens is 391 g/mol. The largest absolute Gasteiger partial charge is 0.283 e. The minimum absolute atomic E-state index is 0.0124. The van der Waals surface area contributed by atoms with Gasteiger partial charge < -0.3 is 0 Å². The molecule has 1 heterocycles. The lowest BCUT2D eigenvalue weighted by molar-refractivity contribution is 0.587. The van der Waals surface area contributed by atoms with Gasteiger partial charge in [-0.05, 0) is 61.2 Å². The standard InChI is InChI=1S/C18H21FN2O4S2/c1-2-27(24,25)21-11-3-4-15-12-17(9-10-18(15)21)20-26(22,23)13-14-5-7-16(19)8-6-14/h5-10,12,20H,2-4,11,13H2,1H3. The third kappa shape index (κ3) is 4.59. The van der Waals surface area contributed by atoms with Crippen LogP contribution in [0.3, 0.4) is 0 Å². The highest BCUT2D eigenvalue weighted by Gasteiger charge is 2.26.